The molecule has 0 radical (unpaired) electrons. The fourth-order valence-corrected chi connectivity index (χ4v) is 2.98. The van der Waals surface area contributed by atoms with E-state index in [1.807, 2.05) is 0 Å². The monoisotopic (exact) mass is 436 g/mol. The molecule has 1 rings (SSSR count). The van der Waals surface area contributed by atoms with Crippen LogP contribution in [0.3, 0.4) is 0 Å². The van der Waals surface area contributed by atoms with Crippen molar-refractivity contribution in [1.82, 2.24) is 0 Å². The maximum atomic E-state index is 11.9. The van der Waals surface area contributed by atoms with Gasteiger partial charge in [-0.1, -0.05) is 73.8 Å². The molecule has 0 N–H and O–H groups in total. The Morgan fingerprint density at radius 3 is 1.96 bits per heavy atom. The van der Waals surface area contributed by atoms with Crippen molar-refractivity contribution in [1.29, 1.82) is 0 Å². The van der Waals surface area contributed by atoms with Crippen LogP contribution in [0.15, 0.2) is 12.1 Å². The molecule has 0 spiro atoms. The summed E-state index contributed by atoms with van der Waals surface area (Å²) in [5, 5.41) is 0.861. The van der Waals surface area contributed by atoms with Gasteiger partial charge in [0.25, 0.3) is 0 Å². The number of rotatable bonds is 13. The highest BCUT2D eigenvalue weighted by molar-refractivity contribution is 6.43. The molecule has 0 aliphatic rings. The second kappa shape index (κ2) is 14.1. The molecule has 0 aliphatic heterocycles. The van der Waals surface area contributed by atoms with Crippen LogP contribution in [0, 0.1) is 0 Å². The quantitative estimate of drug-likeness (QED) is 0.144. The predicted molar refractivity (Wildman–Crippen MR) is 110 cm³/mol. The molecule has 1 aromatic rings. The van der Waals surface area contributed by atoms with Gasteiger partial charge in [0.1, 0.15) is 0 Å². The highest BCUT2D eigenvalue weighted by Gasteiger charge is 2.11. The molecule has 1 aromatic carbocycles. The molecule has 0 heterocycles. The van der Waals surface area contributed by atoms with Crippen LogP contribution in [0.2, 0.25) is 15.1 Å². The second-order valence-corrected chi connectivity index (χ2v) is 7.59. The minimum atomic E-state index is -0.342. The number of esters is 2. The topological polar surface area (TPSA) is 52.6 Å². The highest BCUT2D eigenvalue weighted by Crippen LogP contribution is 2.34. The van der Waals surface area contributed by atoms with E-state index in [9.17, 15) is 9.59 Å². The zero-order valence-corrected chi connectivity index (χ0v) is 18.0. The van der Waals surface area contributed by atoms with Gasteiger partial charge in [-0.05, 0) is 25.3 Å². The van der Waals surface area contributed by atoms with E-state index in [1.54, 1.807) is 0 Å². The molecular weight excluding hydrogens is 411 g/mol. The van der Waals surface area contributed by atoms with E-state index in [0.717, 1.165) is 51.4 Å². The molecule has 4 nitrogen and oxygen atoms in total. The lowest BCUT2D eigenvalue weighted by atomic mass is 10.1. The van der Waals surface area contributed by atoms with Gasteiger partial charge < -0.3 is 9.47 Å². The largest absolute Gasteiger partial charge is 0.466 e. The lowest BCUT2D eigenvalue weighted by molar-refractivity contribution is -0.144. The summed E-state index contributed by atoms with van der Waals surface area (Å²) in [5.74, 6) is -0.223. The van der Waals surface area contributed by atoms with Crippen molar-refractivity contribution >= 4 is 46.7 Å². The number of carbonyl (C=O) groups excluding carboxylic acids is 2. The van der Waals surface area contributed by atoms with Crippen molar-refractivity contribution in [3.63, 3.8) is 0 Å². The first-order chi connectivity index (χ1) is 12.9. The SMILES string of the molecule is CCCCOC(=O)CCCCCCCCC(=O)Oc1cc(Cl)c(Cl)cc1Cl. The van der Waals surface area contributed by atoms with Crippen molar-refractivity contribution in [3.05, 3.63) is 27.2 Å². The van der Waals surface area contributed by atoms with Gasteiger partial charge in [0.15, 0.2) is 5.75 Å². The normalized spacial score (nSPS) is 10.7. The molecule has 0 fully saturated rings. The maximum Gasteiger partial charge on any atom is 0.311 e. The summed E-state index contributed by atoms with van der Waals surface area (Å²) in [6.07, 6.45) is 8.34. The maximum absolute atomic E-state index is 11.9. The van der Waals surface area contributed by atoms with Gasteiger partial charge in [-0.2, -0.15) is 0 Å². The van der Waals surface area contributed by atoms with Crippen LogP contribution >= 0.6 is 34.8 Å². The molecule has 7 heteroatoms. The average Bonchev–Trinajstić information content (AvgIpc) is 2.62. The number of carbonyl (C=O) groups is 2. The van der Waals surface area contributed by atoms with Gasteiger partial charge in [0.2, 0.25) is 0 Å². The molecule has 0 amide bonds. The molecule has 0 saturated heterocycles. The number of ether oxygens (including phenoxy) is 2. The van der Waals surface area contributed by atoms with Gasteiger partial charge in [0.05, 0.1) is 21.7 Å². The summed E-state index contributed by atoms with van der Waals surface area (Å²) in [6.45, 7) is 2.59. The standard InChI is InChI=1S/C20H27Cl3O4/c1-2-3-12-26-19(24)10-8-6-4-5-7-9-11-20(25)27-18-14-16(22)15(21)13-17(18)23/h13-14H,2-12H2,1H3. The smallest absolute Gasteiger partial charge is 0.311 e. The van der Waals surface area contributed by atoms with Crippen molar-refractivity contribution in [3.8, 4) is 5.75 Å². The second-order valence-electron chi connectivity index (χ2n) is 6.37. The van der Waals surface area contributed by atoms with Gasteiger partial charge in [-0.25, -0.2) is 0 Å². The molecule has 0 aliphatic carbocycles. The fraction of sp³-hybridized carbons (Fsp3) is 0.600. The Hall–Kier alpha value is -0.970. The van der Waals surface area contributed by atoms with Crippen LogP contribution < -0.4 is 4.74 Å². The van der Waals surface area contributed by atoms with Crippen LogP contribution in [0.1, 0.15) is 71.1 Å². The molecule has 152 valence electrons. The minimum absolute atomic E-state index is 0.104. The minimum Gasteiger partial charge on any atom is -0.466 e. The first kappa shape index (κ1) is 24.1. The molecule has 0 saturated carbocycles. The van der Waals surface area contributed by atoms with Crippen molar-refractivity contribution in [2.45, 2.75) is 71.1 Å². The predicted octanol–water partition coefficient (Wildman–Crippen LogP) is 7.02. The lowest BCUT2D eigenvalue weighted by Crippen LogP contribution is -2.08. The Kier molecular flexibility index (Phi) is 12.6. The molecule has 27 heavy (non-hydrogen) atoms. The lowest BCUT2D eigenvalue weighted by Gasteiger charge is -2.08. The van der Waals surface area contributed by atoms with Crippen molar-refractivity contribution < 1.29 is 19.1 Å². The zero-order valence-electron chi connectivity index (χ0n) is 15.7. The van der Waals surface area contributed by atoms with E-state index in [4.69, 9.17) is 44.3 Å². The van der Waals surface area contributed by atoms with Crippen molar-refractivity contribution in [2.24, 2.45) is 0 Å². The molecule has 0 atom stereocenters. The number of hydrogen-bond donors (Lipinski definition) is 0. The summed E-state index contributed by atoms with van der Waals surface area (Å²) in [5.41, 5.74) is 0. The first-order valence-corrected chi connectivity index (χ1v) is 10.6. The Bertz CT molecular complexity index is 605. The Morgan fingerprint density at radius 1 is 0.778 bits per heavy atom. The fourth-order valence-electron chi connectivity index (χ4n) is 2.40. The summed E-state index contributed by atoms with van der Waals surface area (Å²) in [6, 6.07) is 2.89. The van der Waals surface area contributed by atoms with Crippen LogP contribution in [-0.2, 0) is 14.3 Å². The number of benzene rings is 1. The molecular formula is C20H27Cl3O4. The summed E-state index contributed by atoms with van der Waals surface area (Å²) in [7, 11) is 0. The van der Waals surface area contributed by atoms with Crippen LogP contribution in [0.25, 0.3) is 0 Å². The summed E-state index contributed by atoms with van der Waals surface area (Å²) >= 11 is 17.7. The third kappa shape index (κ3) is 10.8. The van der Waals surface area contributed by atoms with Crippen LogP contribution in [0.5, 0.6) is 5.75 Å². The van der Waals surface area contributed by atoms with Gasteiger partial charge in [0, 0.05) is 18.9 Å². The Morgan fingerprint density at radius 2 is 1.33 bits per heavy atom. The van der Waals surface area contributed by atoms with E-state index in [-0.39, 0.29) is 27.7 Å². The van der Waals surface area contributed by atoms with E-state index >= 15 is 0 Å². The molecule has 0 unspecified atom stereocenters. The number of hydrogen-bond acceptors (Lipinski definition) is 4. The number of halogens is 3. The summed E-state index contributed by atoms with van der Waals surface area (Å²) < 4.78 is 10.3. The van der Waals surface area contributed by atoms with Crippen LogP contribution in [0.4, 0.5) is 0 Å². The van der Waals surface area contributed by atoms with E-state index in [0.29, 0.717) is 24.5 Å². The Labute approximate surface area is 176 Å². The highest BCUT2D eigenvalue weighted by atomic mass is 35.5. The number of unbranched alkanes of at least 4 members (excludes halogenated alkanes) is 6. The van der Waals surface area contributed by atoms with E-state index in [1.165, 1.54) is 12.1 Å². The average molecular weight is 438 g/mol. The van der Waals surface area contributed by atoms with Crippen LogP contribution in [-0.4, -0.2) is 18.5 Å². The zero-order chi connectivity index (χ0) is 20.1. The third-order valence-corrected chi connectivity index (χ3v) is 4.99. The van der Waals surface area contributed by atoms with Gasteiger partial charge in [-0.3, -0.25) is 9.59 Å². The summed E-state index contributed by atoms with van der Waals surface area (Å²) in [4.78, 5) is 23.3. The Balaban J connectivity index is 2.06. The van der Waals surface area contributed by atoms with E-state index < -0.39 is 0 Å². The molecule has 0 aromatic heterocycles. The van der Waals surface area contributed by atoms with Crippen molar-refractivity contribution in [2.75, 3.05) is 6.61 Å². The first-order valence-electron chi connectivity index (χ1n) is 9.45. The molecule has 0 bridgehead atoms. The van der Waals surface area contributed by atoms with Gasteiger partial charge in [-0.15, -0.1) is 0 Å². The van der Waals surface area contributed by atoms with Gasteiger partial charge >= 0.3 is 11.9 Å². The van der Waals surface area contributed by atoms with E-state index in [2.05, 4.69) is 6.92 Å². The third-order valence-electron chi connectivity index (χ3n) is 3.97.